The minimum Gasteiger partial charge on any atom is -0.382 e. The van der Waals surface area contributed by atoms with Crippen LogP contribution in [-0.2, 0) is 4.74 Å². The van der Waals surface area contributed by atoms with Crippen LogP contribution >= 0.6 is 0 Å². The molecule has 0 saturated heterocycles. The Labute approximate surface area is 117 Å². The smallest absolute Gasteiger partial charge is 0.0466 e. The molecule has 0 spiro atoms. The molecule has 0 amide bonds. The first-order valence-electron chi connectivity index (χ1n) is 7.67. The van der Waals surface area contributed by atoms with Crippen LogP contribution in [0.2, 0.25) is 0 Å². The fourth-order valence-corrected chi connectivity index (χ4v) is 2.48. The average Bonchev–Trinajstić information content (AvgIpc) is 3.22. The van der Waals surface area contributed by atoms with Crippen LogP contribution in [0.5, 0.6) is 0 Å². The van der Waals surface area contributed by atoms with Gasteiger partial charge in [0, 0.05) is 25.8 Å². The fourth-order valence-electron chi connectivity index (χ4n) is 2.48. The zero-order valence-electron chi connectivity index (χ0n) is 12.3. The molecule has 1 saturated carbocycles. The van der Waals surface area contributed by atoms with Gasteiger partial charge in [0.05, 0.1) is 0 Å². The second-order valence-electron chi connectivity index (χ2n) is 5.63. The molecule has 106 valence electrons. The Balaban J connectivity index is 1.87. The number of rotatable bonds is 9. The third-order valence-corrected chi connectivity index (χ3v) is 3.79. The molecule has 1 aromatic carbocycles. The highest BCUT2D eigenvalue weighted by atomic mass is 16.5. The second kappa shape index (κ2) is 7.66. The maximum absolute atomic E-state index is 5.46. The van der Waals surface area contributed by atoms with E-state index in [-0.39, 0.29) is 0 Å². The number of hydrogen-bond acceptors (Lipinski definition) is 2. The van der Waals surface area contributed by atoms with Gasteiger partial charge in [-0.05, 0) is 51.0 Å². The summed E-state index contributed by atoms with van der Waals surface area (Å²) in [6, 6.07) is 9.75. The molecule has 1 N–H and O–H groups in total. The molecule has 1 aromatic rings. The Hall–Kier alpha value is -0.860. The number of ether oxygens (including phenoxy) is 1. The number of nitrogens with one attached hydrogen (secondary N) is 1. The van der Waals surface area contributed by atoms with E-state index in [9.17, 15) is 0 Å². The molecule has 2 nitrogen and oxygen atoms in total. The van der Waals surface area contributed by atoms with Crippen LogP contribution in [0.15, 0.2) is 24.3 Å². The van der Waals surface area contributed by atoms with Gasteiger partial charge in [-0.3, -0.25) is 0 Å². The second-order valence-corrected chi connectivity index (χ2v) is 5.63. The summed E-state index contributed by atoms with van der Waals surface area (Å²) in [4.78, 5) is 0. The molecule has 19 heavy (non-hydrogen) atoms. The Morgan fingerprint density at radius 1 is 1.37 bits per heavy atom. The molecule has 1 atom stereocenters. The minimum atomic E-state index is 0.626. The summed E-state index contributed by atoms with van der Waals surface area (Å²) in [5.41, 5.74) is 2.84. The van der Waals surface area contributed by atoms with E-state index in [2.05, 4.69) is 43.4 Å². The molecule has 0 aliphatic heterocycles. The molecule has 1 aliphatic rings. The van der Waals surface area contributed by atoms with Gasteiger partial charge in [-0.15, -0.1) is 0 Å². The first-order chi connectivity index (χ1) is 9.29. The van der Waals surface area contributed by atoms with Crippen molar-refractivity contribution < 1.29 is 4.74 Å². The first-order valence-corrected chi connectivity index (χ1v) is 7.67. The van der Waals surface area contributed by atoms with Gasteiger partial charge < -0.3 is 10.1 Å². The van der Waals surface area contributed by atoms with Crippen molar-refractivity contribution in [3.8, 4) is 0 Å². The Kier molecular flexibility index (Phi) is 5.87. The Morgan fingerprint density at radius 3 is 2.89 bits per heavy atom. The molecule has 2 rings (SSSR count). The molecule has 1 aliphatic carbocycles. The van der Waals surface area contributed by atoms with Crippen LogP contribution < -0.4 is 5.32 Å². The summed E-state index contributed by atoms with van der Waals surface area (Å²) in [6.07, 6.45) is 5.08. The maximum atomic E-state index is 5.46. The van der Waals surface area contributed by atoms with Gasteiger partial charge in [-0.2, -0.15) is 0 Å². The Morgan fingerprint density at radius 2 is 2.21 bits per heavy atom. The maximum Gasteiger partial charge on any atom is 0.0466 e. The van der Waals surface area contributed by atoms with Gasteiger partial charge in [0.1, 0.15) is 0 Å². The molecule has 0 bridgehead atoms. The summed E-state index contributed by atoms with van der Waals surface area (Å²) in [5, 5.41) is 3.67. The van der Waals surface area contributed by atoms with Crippen LogP contribution in [-0.4, -0.2) is 25.8 Å². The van der Waals surface area contributed by atoms with Crippen LogP contribution in [0, 0.1) is 6.92 Å². The van der Waals surface area contributed by atoms with Crippen molar-refractivity contribution in [3.05, 3.63) is 35.4 Å². The van der Waals surface area contributed by atoms with E-state index in [1.807, 2.05) is 0 Å². The molecule has 1 fully saturated rings. The lowest BCUT2D eigenvalue weighted by molar-refractivity contribution is 0.141. The van der Waals surface area contributed by atoms with Gasteiger partial charge in [0.15, 0.2) is 0 Å². The lowest BCUT2D eigenvalue weighted by atomic mass is 9.93. The zero-order valence-corrected chi connectivity index (χ0v) is 12.3. The van der Waals surface area contributed by atoms with Crippen LogP contribution in [0.4, 0.5) is 0 Å². The monoisotopic (exact) mass is 261 g/mol. The SMILES string of the molecule is CCOCCCC(CNC1CC1)c1cccc(C)c1. The highest BCUT2D eigenvalue weighted by molar-refractivity contribution is 5.25. The number of benzene rings is 1. The molecule has 1 unspecified atom stereocenters. The largest absolute Gasteiger partial charge is 0.382 e. The normalized spacial score (nSPS) is 16.5. The predicted molar refractivity (Wildman–Crippen MR) is 80.7 cm³/mol. The Bertz CT molecular complexity index is 373. The molecule has 2 heteroatoms. The number of hydrogen-bond donors (Lipinski definition) is 1. The van der Waals surface area contributed by atoms with E-state index in [0.29, 0.717) is 5.92 Å². The van der Waals surface area contributed by atoms with Crippen molar-refractivity contribution in [2.45, 2.75) is 51.5 Å². The van der Waals surface area contributed by atoms with Gasteiger partial charge in [0.25, 0.3) is 0 Å². The molecule has 0 heterocycles. The molecular weight excluding hydrogens is 234 g/mol. The summed E-state index contributed by atoms with van der Waals surface area (Å²) in [6.45, 7) is 7.07. The van der Waals surface area contributed by atoms with Crippen LogP contribution in [0.1, 0.15) is 49.7 Å². The van der Waals surface area contributed by atoms with Crippen molar-refractivity contribution in [2.75, 3.05) is 19.8 Å². The van der Waals surface area contributed by atoms with Crippen LogP contribution in [0.3, 0.4) is 0 Å². The average molecular weight is 261 g/mol. The standard InChI is InChI=1S/C17H27NO/c1-3-19-11-5-8-16(13-18-17-9-10-17)15-7-4-6-14(2)12-15/h4,6-7,12,16-18H,3,5,8-11,13H2,1-2H3. The van der Waals surface area contributed by atoms with E-state index in [1.165, 1.54) is 30.4 Å². The van der Waals surface area contributed by atoms with E-state index in [0.717, 1.165) is 32.2 Å². The van der Waals surface area contributed by atoms with E-state index < -0.39 is 0 Å². The van der Waals surface area contributed by atoms with E-state index in [1.54, 1.807) is 0 Å². The van der Waals surface area contributed by atoms with Crippen LogP contribution in [0.25, 0.3) is 0 Å². The predicted octanol–water partition coefficient (Wildman–Crippen LogP) is 3.65. The third-order valence-electron chi connectivity index (χ3n) is 3.79. The van der Waals surface area contributed by atoms with Gasteiger partial charge in [-0.1, -0.05) is 29.8 Å². The number of aryl methyl sites for hydroxylation is 1. The summed E-state index contributed by atoms with van der Waals surface area (Å²) in [5.74, 6) is 0.626. The van der Waals surface area contributed by atoms with Gasteiger partial charge in [-0.25, -0.2) is 0 Å². The lowest BCUT2D eigenvalue weighted by Crippen LogP contribution is -2.24. The molecule has 0 radical (unpaired) electrons. The fraction of sp³-hybridized carbons (Fsp3) is 0.647. The van der Waals surface area contributed by atoms with Crippen molar-refractivity contribution in [1.82, 2.24) is 5.32 Å². The summed E-state index contributed by atoms with van der Waals surface area (Å²) in [7, 11) is 0. The van der Waals surface area contributed by atoms with E-state index >= 15 is 0 Å². The minimum absolute atomic E-state index is 0.626. The molecule has 0 aromatic heterocycles. The topological polar surface area (TPSA) is 21.3 Å². The van der Waals surface area contributed by atoms with Crippen molar-refractivity contribution in [2.24, 2.45) is 0 Å². The lowest BCUT2D eigenvalue weighted by Gasteiger charge is -2.18. The highest BCUT2D eigenvalue weighted by Crippen LogP contribution is 2.24. The van der Waals surface area contributed by atoms with Crippen molar-refractivity contribution >= 4 is 0 Å². The third kappa shape index (κ3) is 5.33. The van der Waals surface area contributed by atoms with E-state index in [4.69, 9.17) is 4.74 Å². The van der Waals surface area contributed by atoms with Crippen molar-refractivity contribution in [1.29, 1.82) is 0 Å². The quantitative estimate of drug-likeness (QED) is 0.685. The summed E-state index contributed by atoms with van der Waals surface area (Å²) >= 11 is 0. The summed E-state index contributed by atoms with van der Waals surface area (Å²) < 4.78 is 5.46. The van der Waals surface area contributed by atoms with Gasteiger partial charge >= 0.3 is 0 Å². The highest BCUT2D eigenvalue weighted by Gasteiger charge is 2.22. The van der Waals surface area contributed by atoms with Gasteiger partial charge in [0.2, 0.25) is 0 Å². The molecular formula is C17H27NO. The van der Waals surface area contributed by atoms with Crippen molar-refractivity contribution in [3.63, 3.8) is 0 Å². The zero-order chi connectivity index (χ0) is 13.5. The first kappa shape index (κ1) is 14.5.